The summed E-state index contributed by atoms with van der Waals surface area (Å²) < 4.78 is 24.6. The zero-order chi connectivity index (χ0) is 15.5. The van der Waals surface area contributed by atoms with Gasteiger partial charge in [0, 0.05) is 32.7 Å². The second-order valence-corrected chi connectivity index (χ2v) is 6.29. The molecule has 0 bridgehead atoms. The molecule has 1 fully saturated rings. The maximum absolute atomic E-state index is 12.3. The molecule has 1 heterocycles. The van der Waals surface area contributed by atoms with Crippen molar-refractivity contribution in [1.29, 1.82) is 0 Å². The lowest BCUT2D eigenvalue weighted by atomic mass is 10.1. The van der Waals surface area contributed by atoms with Gasteiger partial charge in [0.1, 0.15) is 0 Å². The summed E-state index contributed by atoms with van der Waals surface area (Å²) in [5.74, 6) is 2.02. The highest BCUT2D eigenvalue weighted by Crippen LogP contribution is 2.11. The second kappa shape index (κ2) is 13.6. The Kier molecular flexibility index (Phi) is 13.7. The van der Waals surface area contributed by atoms with Crippen molar-refractivity contribution in [1.82, 2.24) is 15.5 Å². The number of likely N-dealkylation sites (tertiary alicyclic amines) is 1. The monoisotopic (exact) mass is 450 g/mol. The third kappa shape index (κ3) is 10.0. The topological polar surface area (TPSA) is 39.7 Å². The molecule has 1 aliphatic rings. The standard InChI is InChI=1S/C14H28F2N4S.HI/c1-17-14(18-7-3-4-10-21-2)19-12-5-8-20(9-6-12)11-13(15)16;/h12-13H,3-11H2,1-2H3,(H2,17,18,19);1H. The molecule has 0 amide bonds. The number of thioether (sulfide) groups is 1. The van der Waals surface area contributed by atoms with Crippen LogP contribution in [-0.4, -0.2) is 68.6 Å². The summed E-state index contributed by atoms with van der Waals surface area (Å²) in [4.78, 5) is 6.06. The van der Waals surface area contributed by atoms with Crippen LogP contribution >= 0.6 is 35.7 Å². The van der Waals surface area contributed by atoms with Gasteiger partial charge >= 0.3 is 0 Å². The Bertz CT molecular complexity index is 301. The average molecular weight is 450 g/mol. The number of hydrogen-bond acceptors (Lipinski definition) is 3. The lowest BCUT2D eigenvalue weighted by Gasteiger charge is -2.32. The number of halogens is 3. The van der Waals surface area contributed by atoms with Crippen molar-refractivity contribution in [3.8, 4) is 0 Å². The van der Waals surface area contributed by atoms with E-state index < -0.39 is 6.43 Å². The van der Waals surface area contributed by atoms with Crippen LogP contribution in [0.5, 0.6) is 0 Å². The predicted molar refractivity (Wildman–Crippen MR) is 103 cm³/mol. The normalized spacial score (nSPS) is 17.4. The highest BCUT2D eigenvalue weighted by molar-refractivity contribution is 14.0. The van der Waals surface area contributed by atoms with E-state index in [9.17, 15) is 8.78 Å². The van der Waals surface area contributed by atoms with Crippen LogP contribution in [-0.2, 0) is 0 Å². The third-order valence-electron chi connectivity index (χ3n) is 3.62. The first-order chi connectivity index (χ1) is 10.2. The van der Waals surface area contributed by atoms with E-state index in [1.807, 2.05) is 16.7 Å². The first-order valence-corrected chi connectivity index (χ1v) is 9.01. The van der Waals surface area contributed by atoms with Gasteiger partial charge in [0.25, 0.3) is 6.43 Å². The smallest absolute Gasteiger partial charge is 0.251 e. The molecule has 2 N–H and O–H groups in total. The summed E-state index contributed by atoms with van der Waals surface area (Å²) in [6.07, 6.45) is 4.00. The molecule has 0 aromatic rings. The minimum atomic E-state index is -2.23. The van der Waals surface area contributed by atoms with Gasteiger partial charge in [0.05, 0.1) is 6.54 Å². The van der Waals surface area contributed by atoms with E-state index in [0.717, 1.165) is 44.9 Å². The summed E-state index contributed by atoms with van der Waals surface area (Å²) in [5, 5.41) is 6.70. The van der Waals surface area contributed by atoms with Gasteiger partial charge in [-0.1, -0.05) is 0 Å². The molecule has 1 saturated heterocycles. The van der Waals surface area contributed by atoms with Crippen molar-refractivity contribution in [2.45, 2.75) is 38.2 Å². The van der Waals surface area contributed by atoms with E-state index in [4.69, 9.17) is 0 Å². The van der Waals surface area contributed by atoms with Gasteiger partial charge < -0.3 is 10.6 Å². The molecular weight excluding hydrogens is 421 g/mol. The lowest BCUT2D eigenvalue weighted by molar-refractivity contribution is 0.0744. The fourth-order valence-electron chi connectivity index (χ4n) is 2.42. The number of nitrogens with one attached hydrogen (secondary N) is 2. The summed E-state index contributed by atoms with van der Waals surface area (Å²) in [5.41, 5.74) is 0. The SMILES string of the molecule is CN=C(NCCCCSC)NC1CCN(CC(F)F)CC1.I. The molecule has 132 valence electrons. The van der Waals surface area contributed by atoms with E-state index in [0.29, 0.717) is 6.04 Å². The van der Waals surface area contributed by atoms with Crippen molar-refractivity contribution < 1.29 is 8.78 Å². The Morgan fingerprint density at radius 3 is 2.55 bits per heavy atom. The number of hydrogen-bond donors (Lipinski definition) is 2. The molecule has 0 aromatic heterocycles. The van der Waals surface area contributed by atoms with Crippen molar-refractivity contribution >= 4 is 41.7 Å². The van der Waals surface area contributed by atoms with Crippen LogP contribution in [0.25, 0.3) is 0 Å². The first kappa shape index (κ1) is 22.2. The van der Waals surface area contributed by atoms with Crippen molar-refractivity contribution in [2.75, 3.05) is 45.2 Å². The Labute approximate surface area is 154 Å². The predicted octanol–water partition coefficient (Wildman–Crippen LogP) is 2.64. The quantitative estimate of drug-likeness (QED) is 0.258. The van der Waals surface area contributed by atoms with Gasteiger partial charge in [0.2, 0.25) is 0 Å². The molecule has 4 nitrogen and oxygen atoms in total. The van der Waals surface area contributed by atoms with Gasteiger partial charge in [0.15, 0.2) is 5.96 Å². The van der Waals surface area contributed by atoms with E-state index in [-0.39, 0.29) is 30.5 Å². The maximum Gasteiger partial charge on any atom is 0.251 e. The molecule has 0 aliphatic carbocycles. The molecule has 0 radical (unpaired) electrons. The van der Waals surface area contributed by atoms with Crippen LogP contribution in [0.4, 0.5) is 8.78 Å². The van der Waals surface area contributed by atoms with Crippen LogP contribution in [0.1, 0.15) is 25.7 Å². The summed E-state index contributed by atoms with van der Waals surface area (Å²) in [7, 11) is 1.77. The molecule has 0 atom stereocenters. The number of guanidine groups is 1. The molecular formula is C14H29F2IN4S. The van der Waals surface area contributed by atoms with Gasteiger partial charge in [-0.15, -0.1) is 24.0 Å². The largest absolute Gasteiger partial charge is 0.356 e. The maximum atomic E-state index is 12.3. The average Bonchev–Trinajstić information content (AvgIpc) is 2.47. The summed E-state index contributed by atoms with van der Waals surface area (Å²) in [6.45, 7) is 2.28. The van der Waals surface area contributed by atoms with Gasteiger partial charge in [-0.05, 0) is 37.7 Å². The van der Waals surface area contributed by atoms with Gasteiger partial charge in [-0.25, -0.2) is 8.78 Å². The fraction of sp³-hybridized carbons (Fsp3) is 0.929. The highest BCUT2D eigenvalue weighted by Gasteiger charge is 2.21. The molecule has 0 saturated carbocycles. The molecule has 0 spiro atoms. The summed E-state index contributed by atoms with van der Waals surface area (Å²) in [6, 6.07) is 0.330. The number of aliphatic imine (C=N–C) groups is 1. The lowest BCUT2D eigenvalue weighted by Crippen LogP contribution is -2.49. The zero-order valence-electron chi connectivity index (χ0n) is 13.5. The van der Waals surface area contributed by atoms with E-state index in [1.165, 1.54) is 12.2 Å². The number of piperidine rings is 1. The van der Waals surface area contributed by atoms with Crippen LogP contribution in [0.15, 0.2) is 4.99 Å². The Balaban J connectivity index is 0.00000441. The second-order valence-electron chi connectivity index (χ2n) is 5.31. The molecule has 0 unspecified atom stereocenters. The van der Waals surface area contributed by atoms with Gasteiger partial charge in [-0.3, -0.25) is 9.89 Å². The van der Waals surface area contributed by atoms with Crippen LogP contribution in [0, 0.1) is 0 Å². The van der Waals surface area contributed by atoms with Crippen LogP contribution in [0.2, 0.25) is 0 Å². The Morgan fingerprint density at radius 1 is 1.32 bits per heavy atom. The minimum absolute atomic E-state index is 0. The van der Waals surface area contributed by atoms with E-state index in [2.05, 4.69) is 21.9 Å². The molecule has 22 heavy (non-hydrogen) atoms. The number of alkyl halides is 2. The van der Waals surface area contributed by atoms with Crippen molar-refractivity contribution in [3.63, 3.8) is 0 Å². The Hall–Kier alpha value is 0.170. The van der Waals surface area contributed by atoms with Crippen LogP contribution < -0.4 is 10.6 Å². The number of rotatable bonds is 8. The molecule has 0 aromatic carbocycles. The van der Waals surface area contributed by atoms with Crippen LogP contribution in [0.3, 0.4) is 0 Å². The van der Waals surface area contributed by atoms with Crippen molar-refractivity contribution in [3.05, 3.63) is 0 Å². The zero-order valence-corrected chi connectivity index (χ0v) is 16.6. The molecule has 8 heteroatoms. The highest BCUT2D eigenvalue weighted by atomic mass is 127. The van der Waals surface area contributed by atoms with E-state index in [1.54, 1.807) is 7.05 Å². The summed E-state index contributed by atoms with van der Waals surface area (Å²) >= 11 is 1.87. The third-order valence-corrected chi connectivity index (χ3v) is 4.31. The number of unbranched alkanes of at least 4 members (excludes halogenated alkanes) is 1. The Morgan fingerprint density at radius 2 is 2.00 bits per heavy atom. The van der Waals surface area contributed by atoms with Gasteiger partial charge in [-0.2, -0.15) is 11.8 Å². The first-order valence-electron chi connectivity index (χ1n) is 7.62. The molecule has 1 rings (SSSR count). The fourth-order valence-corrected chi connectivity index (χ4v) is 2.91. The minimum Gasteiger partial charge on any atom is -0.356 e. The van der Waals surface area contributed by atoms with E-state index >= 15 is 0 Å². The molecule has 1 aliphatic heterocycles. The number of nitrogens with zero attached hydrogens (tertiary/aromatic N) is 2. The van der Waals surface area contributed by atoms with Crippen molar-refractivity contribution in [2.24, 2.45) is 4.99 Å².